The van der Waals surface area contributed by atoms with Crippen molar-refractivity contribution < 1.29 is 0 Å². The first-order valence-corrected chi connectivity index (χ1v) is 6.49. The van der Waals surface area contributed by atoms with Crippen LogP contribution in [0.5, 0.6) is 0 Å². The molecule has 0 amide bonds. The molecule has 2 aliphatic rings. The Balaban J connectivity index is 1.88. The average Bonchev–Trinajstić information content (AvgIpc) is 3.15. The van der Waals surface area contributed by atoms with Gasteiger partial charge in [0.15, 0.2) is 0 Å². The molecule has 0 spiro atoms. The molecule has 2 heteroatoms. The van der Waals surface area contributed by atoms with Crippen molar-refractivity contribution in [2.45, 2.75) is 38.0 Å². The van der Waals surface area contributed by atoms with Crippen LogP contribution in [-0.4, -0.2) is 13.1 Å². The molecule has 1 saturated heterocycles. The van der Waals surface area contributed by atoms with E-state index in [0.717, 1.165) is 11.6 Å². The molecule has 3 rings (SSSR count). The zero-order chi connectivity index (χ0) is 11.0. The van der Waals surface area contributed by atoms with Crippen LogP contribution in [0.25, 0.3) is 0 Å². The summed E-state index contributed by atoms with van der Waals surface area (Å²) in [6.07, 6.45) is 6.73. The molecule has 2 fully saturated rings. The lowest BCUT2D eigenvalue weighted by molar-refractivity contribution is 0.578. The highest BCUT2D eigenvalue weighted by atomic mass is 15.1. The molecular formula is C14H20N2. The van der Waals surface area contributed by atoms with Gasteiger partial charge < -0.3 is 10.6 Å². The molecule has 0 bridgehead atoms. The monoisotopic (exact) mass is 216 g/mol. The normalized spacial score (nSPS) is 21.1. The predicted molar refractivity (Wildman–Crippen MR) is 68.9 cm³/mol. The van der Waals surface area contributed by atoms with Gasteiger partial charge in [0.25, 0.3) is 0 Å². The van der Waals surface area contributed by atoms with Gasteiger partial charge in [-0.05, 0) is 55.7 Å². The fraction of sp³-hybridized carbons (Fsp3) is 0.571. The molecule has 0 unspecified atom stereocenters. The summed E-state index contributed by atoms with van der Waals surface area (Å²) in [5.41, 5.74) is 9.83. The number of benzene rings is 1. The number of piperidine rings is 1. The molecule has 0 aromatic heterocycles. The molecule has 0 radical (unpaired) electrons. The van der Waals surface area contributed by atoms with Crippen LogP contribution in [0.4, 0.5) is 11.4 Å². The van der Waals surface area contributed by atoms with Crippen molar-refractivity contribution in [1.82, 2.24) is 0 Å². The lowest BCUT2D eigenvalue weighted by Crippen LogP contribution is -2.30. The number of rotatable bonds is 2. The second-order valence-corrected chi connectivity index (χ2v) is 5.14. The molecule has 1 saturated carbocycles. The van der Waals surface area contributed by atoms with Gasteiger partial charge in [0, 0.05) is 13.1 Å². The largest absolute Gasteiger partial charge is 0.397 e. The smallest absolute Gasteiger partial charge is 0.0602 e. The zero-order valence-corrected chi connectivity index (χ0v) is 9.78. The summed E-state index contributed by atoms with van der Waals surface area (Å²) in [7, 11) is 0. The first-order valence-electron chi connectivity index (χ1n) is 6.49. The average molecular weight is 216 g/mol. The van der Waals surface area contributed by atoms with Gasteiger partial charge in [-0.25, -0.2) is 0 Å². The van der Waals surface area contributed by atoms with Crippen LogP contribution in [-0.2, 0) is 0 Å². The molecule has 1 aromatic carbocycles. The van der Waals surface area contributed by atoms with Crippen LogP contribution in [0.15, 0.2) is 18.2 Å². The van der Waals surface area contributed by atoms with Gasteiger partial charge in [-0.3, -0.25) is 0 Å². The maximum atomic E-state index is 6.10. The molecule has 0 atom stereocenters. The third-order valence-corrected chi connectivity index (χ3v) is 3.80. The van der Waals surface area contributed by atoms with Gasteiger partial charge in [-0.15, -0.1) is 0 Å². The summed E-state index contributed by atoms with van der Waals surface area (Å²) in [6, 6.07) is 6.64. The van der Waals surface area contributed by atoms with E-state index >= 15 is 0 Å². The highest BCUT2D eigenvalue weighted by Crippen LogP contribution is 2.42. The standard InChI is InChI=1S/C14H20N2/c15-13-7-6-12(11-4-5-11)10-14(13)16-8-2-1-3-9-16/h6-7,10-11H,1-5,8-9,15H2. The van der Waals surface area contributed by atoms with E-state index in [1.54, 1.807) is 0 Å². The van der Waals surface area contributed by atoms with Crippen LogP contribution in [0, 0.1) is 0 Å². The maximum absolute atomic E-state index is 6.10. The number of nitrogen functional groups attached to an aromatic ring is 1. The summed E-state index contributed by atoms with van der Waals surface area (Å²) >= 11 is 0. The summed E-state index contributed by atoms with van der Waals surface area (Å²) in [5, 5.41) is 0. The molecule has 16 heavy (non-hydrogen) atoms. The number of hydrogen-bond acceptors (Lipinski definition) is 2. The van der Waals surface area contributed by atoms with Gasteiger partial charge in [-0.2, -0.15) is 0 Å². The van der Waals surface area contributed by atoms with Crippen molar-refractivity contribution in [3.63, 3.8) is 0 Å². The highest BCUT2D eigenvalue weighted by molar-refractivity contribution is 5.69. The Bertz CT molecular complexity index is 376. The minimum atomic E-state index is 0.823. The molecule has 1 aliphatic carbocycles. The fourth-order valence-electron chi connectivity index (χ4n) is 2.64. The van der Waals surface area contributed by atoms with Gasteiger partial charge >= 0.3 is 0 Å². The second-order valence-electron chi connectivity index (χ2n) is 5.14. The first kappa shape index (κ1) is 10.0. The Morgan fingerprint density at radius 2 is 1.81 bits per heavy atom. The van der Waals surface area contributed by atoms with Crippen LogP contribution in [0.3, 0.4) is 0 Å². The molecule has 1 aliphatic heterocycles. The van der Waals surface area contributed by atoms with Gasteiger partial charge in [0.05, 0.1) is 11.4 Å². The van der Waals surface area contributed by atoms with Crippen molar-refractivity contribution in [2.24, 2.45) is 0 Å². The molecule has 2 N–H and O–H groups in total. The highest BCUT2D eigenvalue weighted by Gasteiger charge is 2.24. The van der Waals surface area contributed by atoms with E-state index in [1.807, 2.05) is 0 Å². The molecule has 86 valence electrons. The Labute approximate surface area is 97.4 Å². The van der Waals surface area contributed by atoms with E-state index in [0.29, 0.717) is 0 Å². The topological polar surface area (TPSA) is 29.3 Å². The summed E-state index contributed by atoms with van der Waals surface area (Å²) < 4.78 is 0. The van der Waals surface area contributed by atoms with Gasteiger partial charge in [0.2, 0.25) is 0 Å². The van der Waals surface area contributed by atoms with Crippen LogP contribution in [0.1, 0.15) is 43.6 Å². The maximum Gasteiger partial charge on any atom is 0.0602 e. The van der Waals surface area contributed by atoms with Crippen molar-refractivity contribution in [3.8, 4) is 0 Å². The minimum Gasteiger partial charge on any atom is -0.397 e. The lowest BCUT2D eigenvalue weighted by atomic mass is 10.1. The SMILES string of the molecule is Nc1ccc(C2CC2)cc1N1CCCCC1. The van der Waals surface area contributed by atoms with Crippen LogP contribution in [0.2, 0.25) is 0 Å². The van der Waals surface area contributed by atoms with Gasteiger partial charge in [-0.1, -0.05) is 6.07 Å². The van der Waals surface area contributed by atoms with Crippen LogP contribution < -0.4 is 10.6 Å². The lowest BCUT2D eigenvalue weighted by Gasteiger charge is -2.30. The fourth-order valence-corrected chi connectivity index (χ4v) is 2.64. The zero-order valence-electron chi connectivity index (χ0n) is 9.78. The second kappa shape index (κ2) is 4.00. The van der Waals surface area contributed by atoms with E-state index in [1.165, 1.54) is 56.4 Å². The Hall–Kier alpha value is -1.18. The molecule has 1 aromatic rings. The van der Waals surface area contributed by atoms with Crippen molar-refractivity contribution >= 4 is 11.4 Å². The van der Waals surface area contributed by atoms with Crippen molar-refractivity contribution in [3.05, 3.63) is 23.8 Å². The Morgan fingerprint density at radius 3 is 2.50 bits per heavy atom. The Morgan fingerprint density at radius 1 is 1.06 bits per heavy atom. The third kappa shape index (κ3) is 1.89. The Kier molecular flexibility index (Phi) is 2.50. The number of nitrogens with zero attached hydrogens (tertiary/aromatic N) is 1. The molecule has 1 heterocycles. The first-order chi connectivity index (χ1) is 7.84. The van der Waals surface area contributed by atoms with Crippen molar-refractivity contribution in [2.75, 3.05) is 23.7 Å². The quantitative estimate of drug-likeness (QED) is 0.769. The summed E-state index contributed by atoms with van der Waals surface area (Å²) in [5.74, 6) is 0.823. The van der Waals surface area contributed by atoms with E-state index in [2.05, 4.69) is 23.1 Å². The predicted octanol–water partition coefficient (Wildman–Crippen LogP) is 3.14. The van der Waals surface area contributed by atoms with E-state index in [-0.39, 0.29) is 0 Å². The summed E-state index contributed by atoms with van der Waals surface area (Å²) in [6.45, 7) is 2.36. The third-order valence-electron chi connectivity index (χ3n) is 3.80. The summed E-state index contributed by atoms with van der Waals surface area (Å²) in [4.78, 5) is 2.46. The number of nitrogens with two attached hydrogens (primary N) is 1. The minimum absolute atomic E-state index is 0.823. The number of anilines is 2. The van der Waals surface area contributed by atoms with E-state index < -0.39 is 0 Å². The van der Waals surface area contributed by atoms with Crippen LogP contribution >= 0.6 is 0 Å². The van der Waals surface area contributed by atoms with Crippen molar-refractivity contribution in [1.29, 1.82) is 0 Å². The van der Waals surface area contributed by atoms with E-state index in [4.69, 9.17) is 5.73 Å². The van der Waals surface area contributed by atoms with Gasteiger partial charge in [0.1, 0.15) is 0 Å². The molecule has 2 nitrogen and oxygen atoms in total. The number of hydrogen-bond donors (Lipinski definition) is 1. The van der Waals surface area contributed by atoms with E-state index in [9.17, 15) is 0 Å². The molecular weight excluding hydrogens is 196 g/mol.